The number of carbonyl (C=O) groups is 2. The van der Waals surface area contributed by atoms with Crippen LogP contribution in [0.1, 0.15) is 40.7 Å². The van der Waals surface area contributed by atoms with Gasteiger partial charge in [-0.3, -0.25) is 28.4 Å². The number of rotatable bonds is 8. The maximum Gasteiger partial charge on any atom is 0.333 e. The highest BCUT2D eigenvalue weighted by molar-refractivity contribution is 6.01. The lowest BCUT2D eigenvalue weighted by Gasteiger charge is -2.33. The number of hydrogen-bond donors (Lipinski definition) is 2. The summed E-state index contributed by atoms with van der Waals surface area (Å²) in [6, 6.07) is 17.7. The minimum Gasteiger partial charge on any atom is -0.384 e. The number of carbonyl (C=O) groups excluding carboxylic acids is 2. The Morgan fingerprint density at radius 3 is 2.00 bits per heavy atom. The molecule has 0 saturated carbocycles. The van der Waals surface area contributed by atoms with E-state index >= 15 is 0 Å². The first kappa shape index (κ1) is 24.2. The molecule has 182 valence electrons. The summed E-state index contributed by atoms with van der Waals surface area (Å²) in [5.74, 6) is -1.21. The molecule has 1 amide bonds. The number of Topliss-reactive ketones (excluding diaryl/α,β-unsaturated/α-hetero) is 1. The second kappa shape index (κ2) is 10.5. The highest BCUT2D eigenvalue weighted by atomic mass is 16.2. The molecule has 1 unspecified atom stereocenters. The lowest BCUT2D eigenvalue weighted by Crippen LogP contribution is -2.51. The van der Waals surface area contributed by atoms with Gasteiger partial charge in [-0.25, -0.2) is 4.79 Å². The first-order valence-corrected chi connectivity index (χ1v) is 11.6. The molecule has 1 fully saturated rings. The SMILES string of the molecule is NC(=O)C1CCCCN1CC(=O)c1c(N)n(Cc2ccccc2)c(=O)n(Cc2ccccc2)c1=O. The smallest absolute Gasteiger partial charge is 0.333 e. The number of piperidine rings is 1. The summed E-state index contributed by atoms with van der Waals surface area (Å²) in [7, 11) is 0. The monoisotopic (exact) mass is 475 g/mol. The molecule has 1 aliphatic heterocycles. The van der Waals surface area contributed by atoms with Crippen molar-refractivity contribution in [1.29, 1.82) is 0 Å². The summed E-state index contributed by atoms with van der Waals surface area (Å²) in [4.78, 5) is 53.9. The number of anilines is 1. The Labute approximate surface area is 202 Å². The van der Waals surface area contributed by atoms with Gasteiger partial charge >= 0.3 is 5.69 Å². The van der Waals surface area contributed by atoms with Crippen molar-refractivity contribution in [3.8, 4) is 0 Å². The van der Waals surface area contributed by atoms with Crippen LogP contribution >= 0.6 is 0 Å². The zero-order chi connectivity index (χ0) is 24.9. The highest BCUT2D eigenvalue weighted by Gasteiger charge is 2.31. The molecule has 35 heavy (non-hydrogen) atoms. The van der Waals surface area contributed by atoms with Gasteiger partial charge < -0.3 is 11.5 Å². The number of aromatic nitrogens is 2. The van der Waals surface area contributed by atoms with Crippen molar-refractivity contribution in [3.63, 3.8) is 0 Å². The average molecular weight is 476 g/mol. The van der Waals surface area contributed by atoms with Crippen LogP contribution in [0.5, 0.6) is 0 Å². The first-order chi connectivity index (χ1) is 16.9. The Bertz CT molecular complexity index is 1330. The van der Waals surface area contributed by atoms with Crippen LogP contribution in [0, 0.1) is 0 Å². The van der Waals surface area contributed by atoms with E-state index in [1.165, 1.54) is 4.57 Å². The number of nitrogen functional groups attached to an aromatic ring is 1. The van der Waals surface area contributed by atoms with Gasteiger partial charge in [-0.05, 0) is 30.5 Å². The fraction of sp³-hybridized carbons (Fsp3) is 0.308. The molecule has 2 heterocycles. The lowest BCUT2D eigenvalue weighted by molar-refractivity contribution is -0.124. The molecular weight excluding hydrogens is 446 g/mol. The van der Waals surface area contributed by atoms with E-state index in [0.717, 1.165) is 28.5 Å². The Kier molecular flexibility index (Phi) is 7.26. The van der Waals surface area contributed by atoms with Crippen LogP contribution in [0.4, 0.5) is 5.82 Å². The second-order valence-electron chi connectivity index (χ2n) is 8.80. The number of primary amides is 1. The molecule has 0 radical (unpaired) electrons. The van der Waals surface area contributed by atoms with E-state index in [2.05, 4.69) is 0 Å². The average Bonchev–Trinajstić information content (AvgIpc) is 2.86. The zero-order valence-electron chi connectivity index (χ0n) is 19.4. The van der Waals surface area contributed by atoms with Gasteiger partial charge in [0.25, 0.3) is 5.56 Å². The van der Waals surface area contributed by atoms with E-state index in [1.54, 1.807) is 17.0 Å². The number of hydrogen-bond acceptors (Lipinski definition) is 6. The molecule has 1 aromatic heterocycles. The maximum atomic E-state index is 13.5. The van der Waals surface area contributed by atoms with Crippen molar-refractivity contribution in [2.24, 2.45) is 5.73 Å². The van der Waals surface area contributed by atoms with Gasteiger partial charge in [-0.1, -0.05) is 67.1 Å². The molecule has 4 N–H and O–H groups in total. The van der Waals surface area contributed by atoms with Gasteiger partial charge in [0.05, 0.1) is 25.7 Å². The van der Waals surface area contributed by atoms with Gasteiger partial charge in [0.15, 0.2) is 5.78 Å². The van der Waals surface area contributed by atoms with Gasteiger partial charge in [-0.2, -0.15) is 0 Å². The van der Waals surface area contributed by atoms with E-state index < -0.39 is 29.0 Å². The molecule has 0 aliphatic carbocycles. The summed E-state index contributed by atoms with van der Waals surface area (Å²) < 4.78 is 2.30. The third kappa shape index (κ3) is 5.25. The fourth-order valence-electron chi connectivity index (χ4n) is 4.57. The largest absolute Gasteiger partial charge is 0.384 e. The fourth-order valence-corrected chi connectivity index (χ4v) is 4.57. The van der Waals surface area contributed by atoms with Crippen molar-refractivity contribution in [1.82, 2.24) is 14.0 Å². The third-order valence-electron chi connectivity index (χ3n) is 6.40. The van der Waals surface area contributed by atoms with E-state index in [0.29, 0.717) is 13.0 Å². The zero-order valence-corrected chi connectivity index (χ0v) is 19.4. The molecule has 1 aliphatic rings. The summed E-state index contributed by atoms with van der Waals surface area (Å²) in [5.41, 5.74) is 11.8. The van der Waals surface area contributed by atoms with Crippen LogP contribution in [0.25, 0.3) is 0 Å². The van der Waals surface area contributed by atoms with Crippen LogP contribution in [-0.4, -0.2) is 44.9 Å². The molecule has 9 nitrogen and oxygen atoms in total. The topological polar surface area (TPSA) is 133 Å². The van der Waals surface area contributed by atoms with Gasteiger partial charge in [0.2, 0.25) is 5.91 Å². The molecule has 9 heteroatoms. The minimum absolute atomic E-state index is 0.00147. The quantitative estimate of drug-likeness (QED) is 0.471. The van der Waals surface area contributed by atoms with Crippen LogP contribution in [0.2, 0.25) is 0 Å². The van der Waals surface area contributed by atoms with Crippen molar-refractivity contribution in [2.45, 2.75) is 38.4 Å². The summed E-state index contributed by atoms with van der Waals surface area (Å²) in [6.45, 7) is 0.443. The predicted molar refractivity (Wildman–Crippen MR) is 133 cm³/mol. The Balaban J connectivity index is 1.79. The van der Waals surface area contributed by atoms with E-state index in [4.69, 9.17) is 11.5 Å². The molecule has 1 saturated heterocycles. The number of likely N-dealkylation sites (tertiary alicyclic amines) is 1. The normalized spacial score (nSPS) is 16.2. The third-order valence-corrected chi connectivity index (χ3v) is 6.40. The van der Waals surface area contributed by atoms with Crippen molar-refractivity contribution in [2.75, 3.05) is 18.8 Å². The molecule has 1 atom stereocenters. The number of benzene rings is 2. The lowest BCUT2D eigenvalue weighted by atomic mass is 10.0. The van der Waals surface area contributed by atoms with E-state index in [1.807, 2.05) is 48.5 Å². The number of nitrogens with zero attached hydrogens (tertiary/aromatic N) is 3. The van der Waals surface area contributed by atoms with Crippen LogP contribution in [0.15, 0.2) is 70.3 Å². The molecule has 3 aromatic rings. The van der Waals surface area contributed by atoms with Gasteiger partial charge in [-0.15, -0.1) is 0 Å². The van der Waals surface area contributed by atoms with Gasteiger partial charge in [0, 0.05) is 0 Å². The molecule has 0 bridgehead atoms. The number of ketones is 1. The van der Waals surface area contributed by atoms with Crippen LogP contribution in [-0.2, 0) is 17.9 Å². The number of nitrogens with two attached hydrogens (primary N) is 2. The van der Waals surface area contributed by atoms with Crippen molar-refractivity contribution in [3.05, 3.63) is 98.2 Å². The standard InChI is InChI=1S/C26H29N5O4/c27-23-22(21(32)17-29-14-8-7-13-20(29)24(28)33)25(34)31(16-19-11-5-2-6-12-19)26(35)30(23)15-18-9-3-1-4-10-18/h1-6,9-12,20H,7-8,13-17,27H2,(H2,28,33). The predicted octanol–water partition coefficient (Wildman–Crippen LogP) is 1.21. The second-order valence-corrected chi connectivity index (χ2v) is 8.80. The summed E-state index contributed by atoms with van der Waals surface area (Å²) in [6.07, 6.45) is 2.22. The maximum absolute atomic E-state index is 13.5. The molecule has 0 spiro atoms. The Hall–Kier alpha value is -3.98. The van der Waals surface area contributed by atoms with Crippen LogP contribution < -0.4 is 22.7 Å². The summed E-state index contributed by atoms with van der Waals surface area (Å²) in [5, 5.41) is 0. The Morgan fingerprint density at radius 2 is 1.43 bits per heavy atom. The Morgan fingerprint density at radius 1 is 0.857 bits per heavy atom. The van der Waals surface area contributed by atoms with E-state index in [-0.39, 0.29) is 31.0 Å². The number of amides is 1. The van der Waals surface area contributed by atoms with Crippen molar-refractivity contribution < 1.29 is 9.59 Å². The minimum atomic E-state index is -0.738. The highest BCUT2D eigenvalue weighted by Crippen LogP contribution is 2.18. The van der Waals surface area contributed by atoms with Crippen molar-refractivity contribution >= 4 is 17.5 Å². The molecule has 4 rings (SSSR count). The van der Waals surface area contributed by atoms with Crippen LogP contribution in [0.3, 0.4) is 0 Å². The molecular formula is C26H29N5O4. The summed E-state index contributed by atoms with van der Waals surface area (Å²) >= 11 is 0. The first-order valence-electron chi connectivity index (χ1n) is 11.6. The van der Waals surface area contributed by atoms with E-state index in [9.17, 15) is 19.2 Å². The van der Waals surface area contributed by atoms with Gasteiger partial charge in [0.1, 0.15) is 11.4 Å². The molecule has 2 aromatic carbocycles.